The van der Waals surface area contributed by atoms with E-state index in [0.717, 1.165) is 70.6 Å². The van der Waals surface area contributed by atoms with E-state index in [4.69, 9.17) is 24.3 Å². The topological polar surface area (TPSA) is 134 Å². The van der Waals surface area contributed by atoms with Gasteiger partial charge in [0.25, 0.3) is 0 Å². The van der Waals surface area contributed by atoms with Gasteiger partial charge in [-0.1, -0.05) is 146 Å². The van der Waals surface area contributed by atoms with Gasteiger partial charge in [-0.15, -0.1) is 0 Å². The van der Waals surface area contributed by atoms with E-state index in [0.29, 0.717) is 6.42 Å². The summed E-state index contributed by atoms with van der Waals surface area (Å²) in [4.78, 5) is 34.8. The van der Waals surface area contributed by atoms with Crippen LogP contribution < -0.4 is 5.73 Å². The fraction of sp³-hybridized carbons (Fsp3) is 0.767. The Morgan fingerprint density at radius 1 is 0.585 bits per heavy atom. The van der Waals surface area contributed by atoms with Crippen LogP contribution in [0.1, 0.15) is 181 Å². The number of phosphoric acid groups is 1. The molecule has 0 aliphatic heterocycles. The minimum atomic E-state index is -4.38. The van der Waals surface area contributed by atoms with Crippen molar-refractivity contribution in [2.45, 2.75) is 187 Å². The molecule has 1 unspecified atom stereocenters. The van der Waals surface area contributed by atoms with Crippen LogP contribution in [0.3, 0.4) is 0 Å². The van der Waals surface area contributed by atoms with Crippen LogP contribution in [0.25, 0.3) is 0 Å². The van der Waals surface area contributed by atoms with Crippen molar-refractivity contribution in [2.75, 3.05) is 26.4 Å². The summed E-state index contributed by atoms with van der Waals surface area (Å²) in [6, 6.07) is 0. The Morgan fingerprint density at radius 2 is 1.04 bits per heavy atom. The number of hydrogen-bond donors (Lipinski definition) is 2. The van der Waals surface area contributed by atoms with Gasteiger partial charge in [-0.3, -0.25) is 18.6 Å². The smallest absolute Gasteiger partial charge is 0.462 e. The molecule has 308 valence electrons. The first-order chi connectivity index (χ1) is 25.8. The lowest BCUT2D eigenvalue weighted by Gasteiger charge is -2.19. The molecule has 9 nitrogen and oxygen atoms in total. The van der Waals surface area contributed by atoms with Gasteiger partial charge in [-0.05, 0) is 70.6 Å². The maximum atomic E-state index is 12.6. The van der Waals surface area contributed by atoms with Gasteiger partial charge < -0.3 is 20.1 Å². The predicted octanol–water partition coefficient (Wildman–Crippen LogP) is 11.9. The largest absolute Gasteiger partial charge is 0.472 e. The standard InChI is InChI=1S/C43H78NO8P/c1-3-5-7-9-11-13-15-17-19-20-22-23-25-27-29-31-33-35-42(45)49-39-41(40-51-53(47,48)50-38-37-44)52-43(46)36-34-32-30-28-26-24-21-18-16-14-12-10-8-6-4-2/h6,8,12-15,18,21,41H,3-5,7,9-11,16-17,19-20,22-40,44H2,1-2H3,(H,47,48)/b8-6+,14-12+,15-13+,21-18+/t41-/m1/s1. The number of allylic oxidation sites excluding steroid dienone is 8. The van der Waals surface area contributed by atoms with Crippen molar-refractivity contribution < 1.29 is 37.6 Å². The van der Waals surface area contributed by atoms with Crippen molar-refractivity contribution in [2.24, 2.45) is 5.73 Å². The number of unbranched alkanes of at least 4 members (excludes halogenated alkanes) is 18. The van der Waals surface area contributed by atoms with Crippen molar-refractivity contribution in [3.63, 3.8) is 0 Å². The fourth-order valence-corrected chi connectivity index (χ4v) is 6.35. The van der Waals surface area contributed by atoms with Crippen LogP contribution in [0.4, 0.5) is 0 Å². The predicted molar refractivity (Wildman–Crippen MR) is 220 cm³/mol. The highest BCUT2D eigenvalue weighted by Gasteiger charge is 2.26. The van der Waals surface area contributed by atoms with E-state index in [1.54, 1.807) is 0 Å². The van der Waals surface area contributed by atoms with Gasteiger partial charge >= 0.3 is 19.8 Å². The van der Waals surface area contributed by atoms with Crippen LogP contribution >= 0.6 is 7.82 Å². The highest BCUT2D eigenvalue weighted by atomic mass is 31.2. The first-order valence-corrected chi connectivity index (χ1v) is 22.6. The van der Waals surface area contributed by atoms with Gasteiger partial charge in [-0.2, -0.15) is 0 Å². The van der Waals surface area contributed by atoms with Gasteiger partial charge in [0, 0.05) is 19.4 Å². The molecule has 0 aliphatic carbocycles. The summed E-state index contributed by atoms with van der Waals surface area (Å²) in [7, 11) is -4.38. The molecule has 0 aromatic rings. The summed E-state index contributed by atoms with van der Waals surface area (Å²) in [6.45, 7) is 3.58. The van der Waals surface area contributed by atoms with Crippen molar-refractivity contribution >= 4 is 19.8 Å². The number of nitrogens with two attached hydrogens (primary N) is 1. The molecule has 0 aromatic carbocycles. The minimum absolute atomic E-state index is 0.0487. The Bertz CT molecular complexity index is 1010. The molecule has 0 aromatic heterocycles. The monoisotopic (exact) mass is 768 g/mol. The molecule has 0 saturated heterocycles. The van der Waals surface area contributed by atoms with Gasteiger partial charge in [0.15, 0.2) is 6.10 Å². The second kappa shape index (κ2) is 39.7. The molecule has 0 fully saturated rings. The third-order valence-corrected chi connectivity index (χ3v) is 9.68. The average molecular weight is 768 g/mol. The molecule has 2 atom stereocenters. The zero-order chi connectivity index (χ0) is 38.9. The Kier molecular flexibility index (Phi) is 38.1. The van der Waals surface area contributed by atoms with E-state index < -0.39 is 32.5 Å². The summed E-state index contributed by atoms with van der Waals surface area (Å²) < 4.78 is 32.7. The highest BCUT2D eigenvalue weighted by molar-refractivity contribution is 7.47. The van der Waals surface area contributed by atoms with Crippen molar-refractivity contribution in [3.05, 3.63) is 48.6 Å². The molecule has 0 heterocycles. The SMILES string of the molecule is CC/C=C/C/C=C/C/C=C/CCCCCCCC(=O)O[C@H](COC(=O)CCCCCCCCCCC/C=C/CCCCCC)COP(=O)(O)OCCN. The minimum Gasteiger partial charge on any atom is -0.462 e. The molecule has 10 heteroatoms. The van der Waals surface area contributed by atoms with E-state index in [-0.39, 0.29) is 32.6 Å². The maximum Gasteiger partial charge on any atom is 0.472 e. The Balaban J connectivity index is 4.18. The number of carbonyl (C=O) groups is 2. The second-order valence-electron chi connectivity index (χ2n) is 13.8. The van der Waals surface area contributed by atoms with E-state index >= 15 is 0 Å². The summed E-state index contributed by atoms with van der Waals surface area (Å²) >= 11 is 0. The maximum absolute atomic E-state index is 12.6. The summed E-state index contributed by atoms with van der Waals surface area (Å²) in [5.41, 5.74) is 5.34. The Morgan fingerprint density at radius 3 is 1.57 bits per heavy atom. The van der Waals surface area contributed by atoms with Crippen LogP contribution in [-0.2, 0) is 32.7 Å². The van der Waals surface area contributed by atoms with Gasteiger partial charge in [0.1, 0.15) is 6.61 Å². The molecule has 3 N–H and O–H groups in total. The number of ether oxygens (including phenoxy) is 2. The lowest BCUT2D eigenvalue weighted by atomic mass is 10.1. The zero-order valence-corrected chi connectivity index (χ0v) is 34.6. The van der Waals surface area contributed by atoms with Gasteiger partial charge in [0.05, 0.1) is 13.2 Å². The molecule has 0 bridgehead atoms. The summed E-state index contributed by atoms with van der Waals surface area (Å²) in [5, 5.41) is 0. The first-order valence-electron chi connectivity index (χ1n) is 21.1. The van der Waals surface area contributed by atoms with Crippen molar-refractivity contribution in [1.82, 2.24) is 0 Å². The van der Waals surface area contributed by atoms with E-state index in [1.807, 2.05) is 0 Å². The molecule has 53 heavy (non-hydrogen) atoms. The lowest BCUT2D eigenvalue weighted by Crippen LogP contribution is -2.29. The summed E-state index contributed by atoms with van der Waals surface area (Å²) in [5.74, 6) is -0.852. The second-order valence-corrected chi connectivity index (χ2v) is 15.3. The molecular formula is C43H78NO8P. The number of phosphoric ester groups is 1. The number of hydrogen-bond acceptors (Lipinski definition) is 8. The number of carbonyl (C=O) groups excluding carboxylic acids is 2. The molecule has 0 radical (unpaired) electrons. The zero-order valence-electron chi connectivity index (χ0n) is 33.7. The molecule has 0 rings (SSSR count). The average Bonchev–Trinajstić information content (AvgIpc) is 3.14. The molecule has 0 spiro atoms. The highest BCUT2D eigenvalue weighted by Crippen LogP contribution is 2.43. The fourth-order valence-electron chi connectivity index (χ4n) is 5.58. The lowest BCUT2D eigenvalue weighted by molar-refractivity contribution is -0.161. The Labute approximate surface area is 324 Å². The van der Waals surface area contributed by atoms with E-state index in [2.05, 4.69) is 62.5 Å². The van der Waals surface area contributed by atoms with Crippen LogP contribution in [-0.4, -0.2) is 49.3 Å². The Hall–Kier alpha value is -2.03. The third kappa shape index (κ3) is 39.5. The van der Waals surface area contributed by atoms with Crippen molar-refractivity contribution in [3.8, 4) is 0 Å². The molecule has 0 saturated carbocycles. The van der Waals surface area contributed by atoms with Crippen LogP contribution in [0.5, 0.6) is 0 Å². The molecule has 0 aliphatic rings. The summed E-state index contributed by atoms with van der Waals surface area (Å²) in [6.07, 6.45) is 44.2. The third-order valence-electron chi connectivity index (χ3n) is 8.70. The van der Waals surface area contributed by atoms with Crippen LogP contribution in [0, 0.1) is 0 Å². The van der Waals surface area contributed by atoms with Crippen LogP contribution in [0.2, 0.25) is 0 Å². The number of rotatable bonds is 39. The van der Waals surface area contributed by atoms with E-state index in [1.165, 1.54) is 77.0 Å². The van der Waals surface area contributed by atoms with Crippen molar-refractivity contribution in [1.29, 1.82) is 0 Å². The van der Waals surface area contributed by atoms with Gasteiger partial charge in [-0.25, -0.2) is 4.57 Å². The molecular weight excluding hydrogens is 689 g/mol. The number of esters is 2. The first kappa shape index (κ1) is 51.0. The van der Waals surface area contributed by atoms with E-state index in [9.17, 15) is 19.0 Å². The molecule has 0 amide bonds. The normalized spacial score (nSPS) is 13.8. The van der Waals surface area contributed by atoms with Gasteiger partial charge in [0.2, 0.25) is 0 Å². The van der Waals surface area contributed by atoms with Crippen LogP contribution in [0.15, 0.2) is 48.6 Å². The quantitative estimate of drug-likeness (QED) is 0.0271.